The zero-order chi connectivity index (χ0) is 23.3. The van der Waals surface area contributed by atoms with E-state index in [2.05, 4.69) is 0 Å². The molecule has 10 heteroatoms. The Morgan fingerprint density at radius 2 is 1.72 bits per heavy atom. The molecule has 170 valence electrons. The first-order valence-electron chi connectivity index (χ1n) is 10.3. The van der Waals surface area contributed by atoms with E-state index in [9.17, 15) is 24.5 Å². The molecule has 1 saturated heterocycles. The second-order valence-corrected chi connectivity index (χ2v) is 9.35. The second kappa shape index (κ2) is 10.7. The van der Waals surface area contributed by atoms with Gasteiger partial charge in [0.05, 0.1) is 9.80 Å². The molecule has 0 saturated carbocycles. The van der Waals surface area contributed by atoms with Crippen LogP contribution in [-0.2, 0) is 9.59 Å². The average Bonchev–Trinajstić information content (AvgIpc) is 3.22. The fourth-order valence-corrected chi connectivity index (χ4v) is 4.60. The smallest absolute Gasteiger partial charge is 0.294 e. The fraction of sp³-hybridized carbons (Fsp3) is 0.409. The molecule has 0 unspecified atom stereocenters. The van der Waals surface area contributed by atoms with Crippen LogP contribution in [0.1, 0.15) is 40.2 Å². The maximum absolute atomic E-state index is 12.5. The van der Waals surface area contributed by atoms with E-state index < -0.39 is 4.92 Å². The van der Waals surface area contributed by atoms with Crippen LogP contribution in [0.2, 0.25) is 5.02 Å². The number of rotatable bonds is 9. The van der Waals surface area contributed by atoms with Gasteiger partial charge in [-0.15, -0.1) is 11.3 Å². The number of nitrogens with zero attached hydrogens (tertiary/aromatic N) is 3. The lowest BCUT2D eigenvalue weighted by atomic mass is 10.1. The molecule has 8 nitrogen and oxygen atoms in total. The van der Waals surface area contributed by atoms with Crippen LogP contribution in [0.25, 0.3) is 0 Å². The van der Waals surface area contributed by atoms with Gasteiger partial charge >= 0.3 is 0 Å². The SMILES string of the molecule is Cc1ccc(C(=O)CCC(=O)CCC(=O)N2CCN(c3ccc(Cl)cc3[N+](=O)[O-])CC2)s1. The summed E-state index contributed by atoms with van der Waals surface area (Å²) in [6, 6.07) is 8.20. The topological polar surface area (TPSA) is 101 Å². The Morgan fingerprint density at radius 1 is 1.03 bits per heavy atom. The largest absolute Gasteiger partial charge is 0.362 e. The molecule has 0 radical (unpaired) electrons. The predicted molar refractivity (Wildman–Crippen MR) is 124 cm³/mol. The molecule has 0 N–H and O–H groups in total. The molecule has 0 atom stereocenters. The van der Waals surface area contributed by atoms with Crippen molar-refractivity contribution >= 4 is 51.8 Å². The van der Waals surface area contributed by atoms with Crippen molar-refractivity contribution in [2.75, 3.05) is 31.1 Å². The minimum atomic E-state index is -0.464. The third-order valence-corrected chi connectivity index (χ3v) is 6.65. The van der Waals surface area contributed by atoms with Gasteiger partial charge in [-0.3, -0.25) is 24.5 Å². The van der Waals surface area contributed by atoms with Gasteiger partial charge in [0.25, 0.3) is 5.69 Å². The van der Waals surface area contributed by atoms with Crippen molar-refractivity contribution in [2.24, 2.45) is 0 Å². The van der Waals surface area contributed by atoms with Gasteiger partial charge in [0.1, 0.15) is 11.5 Å². The molecule has 1 amide bonds. The van der Waals surface area contributed by atoms with Crippen molar-refractivity contribution in [3.8, 4) is 0 Å². The molecule has 1 aromatic heterocycles. The lowest BCUT2D eigenvalue weighted by Gasteiger charge is -2.35. The Bertz CT molecular complexity index is 1030. The Morgan fingerprint density at radius 3 is 2.34 bits per heavy atom. The first-order valence-corrected chi connectivity index (χ1v) is 11.5. The summed E-state index contributed by atoms with van der Waals surface area (Å²) in [7, 11) is 0. The lowest BCUT2D eigenvalue weighted by Crippen LogP contribution is -2.49. The molecule has 32 heavy (non-hydrogen) atoms. The van der Waals surface area contributed by atoms with Crippen LogP contribution < -0.4 is 4.90 Å². The van der Waals surface area contributed by atoms with Gasteiger partial charge in [-0.05, 0) is 31.2 Å². The van der Waals surface area contributed by atoms with Crippen LogP contribution in [0.15, 0.2) is 30.3 Å². The Hall–Kier alpha value is -2.78. The standard InChI is InChI=1S/C22H24ClN3O5S/c1-15-2-8-21(32-15)20(28)7-4-17(27)5-9-22(29)25-12-10-24(11-13-25)18-6-3-16(23)14-19(18)26(30)31/h2-3,6,8,14H,4-5,7,9-13H2,1H3. The van der Waals surface area contributed by atoms with Crippen LogP contribution in [-0.4, -0.2) is 53.5 Å². The van der Waals surface area contributed by atoms with E-state index >= 15 is 0 Å². The van der Waals surface area contributed by atoms with Crippen molar-refractivity contribution in [2.45, 2.75) is 32.6 Å². The fourth-order valence-electron chi connectivity index (χ4n) is 3.60. The van der Waals surface area contributed by atoms with Crippen LogP contribution in [0.5, 0.6) is 0 Å². The van der Waals surface area contributed by atoms with Gasteiger partial charge in [0.2, 0.25) is 5.91 Å². The normalized spacial score (nSPS) is 13.8. The molecule has 1 aliphatic heterocycles. The minimum absolute atomic E-state index is 0.0461. The molecule has 2 aromatic rings. The summed E-state index contributed by atoms with van der Waals surface area (Å²) >= 11 is 7.29. The first kappa shape index (κ1) is 23.9. The Kier molecular flexibility index (Phi) is 7.98. The van der Waals surface area contributed by atoms with Gasteiger partial charge in [-0.1, -0.05) is 11.6 Å². The molecule has 1 fully saturated rings. The number of piperazine rings is 1. The summed E-state index contributed by atoms with van der Waals surface area (Å²) in [4.78, 5) is 52.8. The number of anilines is 1. The van der Waals surface area contributed by atoms with Crippen molar-refractivity contribution in [3.05, 3.63) is 55.2 Å². The van der Waals surface area contributed by atoms with E-state index in [-0.39, 0.29) is 48.8 Å². The number of carbonyl (C=O) groups excluding carboxylic acids is 3. The number of hydrogen-bond acceptors (Lipinski definition) is 7. The van der Waals surface area contributed by atoms with Gasteiger partial charge < -0.3 is 9.80 Å². The van der Waals surface area contributed by atoms with Crippen molar-refractivity contribution in [1.29, 1.82) is 0 Å². The number of benzene rings is 1. The van der Waals surface area contributed by atoms with Gasteiger partial charge in [0, 0.05) is 67.8 Å². The van der Waals surface area contributed by atoms with E-state index in [1.54, 1.807) is 23.1 Å². The molecule has 3 rings (SSSR count). The van der Waals surface area contributed by atoms with E-state index in [1.165, 1.54) is 17.4 Å². The highest BCUT2D eigenvalue weighted by Crippen LogP contribution is 2.31. The van der Waals surface area contributed by atoms with Crippen molar-refractivity contribution in [3.63, 3.8) is 0 Å². The number of carbonyl (C=O) groups is 3. The van der Waals surface area contributed by atoms with Crippen LogP contribution in [0, 0.1) is 17.0 Å². The van der Waals surface area contributed by atoms with E-state index in [0.29, 0.717) is 41.8 Å². The third kappa shape index (κ3) is 6.14. The van der Waals surface area contributed by atoms with Gasteiger partial charge in [-0.25, -0.2) is 0 Å². The highest BCUT2D eigenvalue weighted by Gasteiger charge is 2.26. The molecular formula is C22H24ClN3O5S. The summed E-state index contributed by atoms with van der Waals surface area (Å²) in [5.74, 6) is -0.269. The maximum atomic E-state index is 12.5. The van der Waals surface area contributed by atoms with E-state index in [1.807, 2.05) is 17.9 Å². The summed E-state index contributed by atoms with van der Waals surface area (Å²) in [5, 5.41) is 11.6. The molecule has 2 heterocycles. The number of nitro benzene ring substituents is 1. The second-order valence-electron chi connectivity index (χ2n) is 7.63. The van der Waals surface area contributed by atoms with Gasteiger partial charge in [0.15, 0.2) is 5.78 Å². The number of amides is 1. The molecule has 0 aliphatic carbocycles. The highest BCUT2D eigenvalue weighted by atomic mass is 35.5. The summed E-state index contributed by atoms with van der Waals surface area (Å²) in [5.41, 5.74) is 0.419. The summed E-state index contributed by atoms with van der Waals surface area (Å²) in [6.45, 7) is 3.68. The van der Waals surface area contributed by atoms with Crippen molar-refractivity contribution < 1.29 is 19.3 Å². The van der Waals surface area contributed by atoms with Crippen molar-refractivity contribution in [1.82, 2.24) is 4.90 Å². The highest BCUT2D eigenvalue weighted by molar-refractivity contribution is 7.14. The number of ketones is 2. The molecule has 1 aromatic carbocycles. The van der Waals surface area contributed by atoms with Crippen LogP contribution >= 0.6 is 22.9 Å². The zero-order valence-electron chi connectivity index (χ0n) is 17.7. The monoisotopic (exact) mass is 477 g/mol. The predicted octanol–water partition coefficient (Wildman–Crippen LogP) is 4.28. The number of hydrogen-bond donors (Lipinski definition) is 0. The first-order chi connectivity index (χ1) is 15.2. The number of halogens is 1. The number of Topliss-reactive ketones (excluding diaryl/α,β-unsaturated/α-hetero) is 2. The maximum Gasteiger partial charge on any atom is 0.294 e. The zero-order valence-corrected chi connectivity index (χ0v) is 19.3. The molecule has 1 aliphatic rings. The minimum Gasteiger partial charge on any atom is -0.362 e. The summed E-state index contributed by atoms with van der Waals surface area (Å²) in [6.07, 6.45) is 0.507. The quantitative estimate of drug-likeness (QED) is 0.303. The number of thiophene rings is 1. The van der Waals surface area contributed by atoms with Gasteiger partial charge in [-0.2, -0.15) is 0 Å². The third-order valence-electron chi connectivity index (χ3n) is 5.37. The Balaban J connectivity index is 1.43. The van der Waals surface area contributed by atoms with E-state index in [4.69, 9.17) is 11.6 Å². The molecule has 0 spiro atoms. The van der Waals surface area contributed by atoms with Crippen LogP contribution in [0.3, 0.4) is 0 Å². The summed E-state index contributed by atoms with van der Waals surface area (Å²) < 4.78 is 0. The number of nitro groups is 1. The Labute approximate surface area is 194 Å². The lowest BCUT2D eigenvalue weighted by molar-refractivity contribution is -0.384. The number of aryl methyl sites for hydroxylation is 1. The average molecular weight is 478 g/mol. The molecular weight excluding hydrogens is 454 g/mol. The van der Waals surface area contributed by atoms with Crippen LogP contribution in [0.4, 0.5) is 11.4 Å². The van der Waals surface area contributed by atoms with E-state index in [0.717, 1.165) is 4.88 Å². The molecule has 0 bridgehead atoms.